The lowest BCUT2D eigenvalue weighted by Crippen LogP contribution is -2.42. The normalized spacial score (nSPS) is 25.7. The molecular formula is C16H24BrNOS. The second kappa shape index (κ2) is 8.30. The molecule has 112 valence electrons. The molecule has 0 radical (unpaired) electrons. The van der Waals surface area contributed by atoms with E-state index in [9.17, 15) is 4.21 Å². The maximum Gasteiger partial charge on any atom is 0.0588 e. The lowest BCUT2D eigenvalue weighted by Gasteiger charge is -2.29. The monoisotopic (exact) mass is 357 g/mol. The van der Waals surface area contributed by atoms with E-state index in [2.05, 4.69) is 28.2 Å². The fraction of sp³-hybridized carbons (Fsp3) is 0.625. The molecule has 0 amide bonds. The van der Waals surface area contributed by atoms with Crippen molar-refractivity contribution in [2.24, 2.45) is 0 Å². The Balaban J connectivity index is 2.20. The third-order valence-electron chi connectivity index (χ3n) is 4.00. The molecule has 1 fully saturated rings. The van der Waals surface area contributed by atoms with Gasteiger partial charge in [-0.3, -0.25) is 4.21 Å². The molecule has 2 rings (SSSR count). The standard InChI is InChI=1S/C16H24BrNOS/c1-2-18-14-10-5-3-4-6-12-16(14)20(19)15-11-8-7-9-13(15)17/h7-9,11,14,16,18H,2-6,10,12H2,1H3. The lowest BCUT2D eigenvalue weighted by atomic mass is 9.96. The Morgan fingerprint density at radius 3 is 2.60 bits per heavy atom. The molecule has 0 bridgehead atoms. The van der Waals surface area contributed by atoms with Crippen molar-refractivity contribution in [2.75, 3.05) is 6.54 Å². The molecule has 4 heteroatoms. The number of benzene rings is 1. The first-order chi connectivity index (χ1) is 9.74. The van der Waals surface area contributed by atoms with E-state index in [0.29, 0.717) is 6.04 Å². The third-order valence-corrected chi connectivity index (χ3v) is 6.85. The van der Waals surface area contributed by atoms with Gasteiger partial charge < -0.3 is 5.32 Å². The van der Waals surface area contributed by atoms with Gasteiger partial charge >= 0.3 is 0 Å². The summed E-state index contributed by atoms with van der Waals surface area (Å²) in [6.07, 6.45) is 7.25. The molecule has 1 saturated carbocycles. The summed E-state index contributed by atoms with van der Waals surface area (Å²) in [4.78, 5) is 0.945. The van der Waals surface area contributed by atoms with Crippen LogP contribution in [0.25, 0.3) is 0 Å². The van der Waals surface area contributed by atoms with Crippen LogP contribution in [0, 0.1) is 0 Å². The first-order valence-corrected chi connectivity index (χ1v) is 9.63. The molecule has 3 atom stereocenters. The van der Waals surface area contributed by atoms with Gasteiger partial charge in [0.25, 0.3) is 0 Å². The van der Waals surface area contributed by atoms with Gasteiger partial charge in [0.05, 0.1) is 20.9 Å². The molecular weight excluding hydrogens is 334 g/mol. The molecule has 1 aliphatic rings. The van der Waals surface area contributed by atoms with Crippen LogP contribution in [0.4, 0.5) is 0 Å². The molecule has 0 spiro atoms. The van der Waals surface area contributed by atoms with Crippen molar-refractivity contribution in [3.05, 3.63) is 28.7 Å². The molecule has 0 heterocycles. The van der Waals surface area contributed by atoms with Gasteiger partial charge in [0.1, 0.15) is 0 Å². The fourth-order valence-electron chi connectivity index (χ4n) is 2.97. The highest BCUT2D eigenvalue weighted by Crippen LogP contribution is 2.28. The first-order valence-electron chi connectivity index (χ1n) is 7.62. The maximum absolute atomic E-state index is 13.0. The number of nitrogens with one attached hydrogen (secondary N) is 1. The second-order valence-corrected chi connectivity index (χ2v) is 7.92. The quantitative estimate of drug-likeness (QED) is 0.872. The molecule has 0 aromatic heterocycles. The third kappa shape index (κ3) is 4.15. The topological polar surface area (TPSA) is 29.1 Å². The van der Waals surface area contributed by atoms with Crippen molar-refractivity contribution in [2.45, 2.75) is 61.6 Å². The summed E-state index contributed by atoms with van der Waals surface area (Å²) in [6, 6.07) is 8.31. The van der Waals surface area contributed by atoms with Gasteiger partial charge in [-0.1, -0.05) is 44.7 Å². The van der Waals surface area contributed by atoms with E-state index in [-0.39, 0.29) is 5.25 Å². The Hall–Kier alpha value is -0.190. The summed E-state index contributed by atoms with van der Waals surface area (Å²) >= 11 is 3.54. The van der Waals surface area contributed by atoms with Crippen LogP contribution >= 0.6 is 15.9 Å². The zero-order valence-corrected chi connectivity index (χ0v) is 14.5. The largest absolute Gasteiger partial charge is 0.313 e. The Morgan fingerprint density at radius 2 is 1.90 bits per heavy atom. The molecule has 1 N–H and O–H groups in total. The summed E-state index contributed by atoms with van der Waals surface area (Å²) in [5, 5.41) is 3.79. The van der Waals surface area contributed by atoms with Gasteiger partial charge in [0.15, 0.2) is 0 Å². The SMILES string of the molecule is CCNC1CCCCCCC1S(=O)c1ccccc1Br. The Kier molecular flexibility index (Phi) is 6.72. The van der Waals surface area contributed by atoms with E-state index in [1.807, 2.05) is 24.3 Å². The van der Waals surface area contributed by atoms with Crippen LogP contribution in [-0.4, -0.2) is 22.0 Å². The average Bonchev–Trinajstić information content (AvgIpc) is 2.42. The summed E-state index contributed by atoms with van der Waals surface area (Å²) < 4.78 is 14.0. The van der Waals surface area contributed by atoms with Crippen molar-refractivity contribution in [3.63, 3.8) is 0 Å². The lowest BCUT2D eigenvalue weighted by molar-refractivity contribution is 0.400. The number of halogens is 1. The van der Waals surface area contributed by atoms with Crippen molar-refractivity contribution in [1.29, 1.82) is 0 Å². The van der Waals surface area contributed by atoms with Crippen molar-refractivity contribution < 1.29 is 4.21 Å². The second-order valence-electron chi connectivity index (χ2n) is 5.42. The predicted molar refractivity (Wildman–Crippen MR) is 89.5 cm³/mol. The molecule has 3 unspecified atom stereocenters. The summed E-state index contributed by atoms with van der Waals surface area (Å²) in [5.74, 6) is 0. The summed E-state index contributed by atoms with van der Waals surface area (Å²) in [7, 11) is -0.941. The zero-order valence-electron chi connectivity index (χ0n) is 12.1. The number of hydrogen-bond donors (Lipinski definition) is 1. The van der Waals surface area contributed by atoms with E-state index in [1.54, 1.807) is 0 Å². The van der Waals surface area contributed by atoms with E-state index in [1.165, 1.54) is 25.7 Å². The van der Waals surface area contributed by atoms with Gasteiger partial charge in [-0.2, -0.15) is 0 Å². The van der Waals surface area contributed by atoms with Crippen molar-refractivity contribution in [1.82, 2.24) is 5.32 Å². The van der Waals surface area contributed by atoms with Gasteiger partial charge in [0, 0.05) is 10.5 Å². The van der Waals surface area contributed by atoms with Crippen LogP contribution in [0.1, 0.15) is 45.4 Å². The predicted octanol–water partition coefficient (Wildman–Crippen LogP) is 4.26. The molecule has 2 nitrogen and oxygen atoms in total. The van der Waals surface area contributed by atoms with Crippen LogP contribution in [0.5, 0.6) is 0 Å². The van der Waals surface area contributed by atoms with Crippen LogP contribution in [0.15, 0.2) is 33.6 Å². The average molecular weight is 358 g/mol. The number of hydrogen-bond acceptors (Lipinski definition) is 2. The van der Waals surface area contributed by atoms with E-state index < -0.39 is 10.8 Å². The Bertz CT molecular complexity index is 452. The molecule has 0 saturated heterocycles. The van der Waals surface area contributed by atoms with Crippen LogP contribution in [-0.2, 0) is 10.8 Å². The van der Waals surface area contributed by atoms with Crippen molar-refractivity contribution in [3.8, 4) is 0 Å². The molecule has 0 aliphatic heterocycles. The highest BCUT2D eigenvalue weighted by Gasteiger charge is 2.28. The van der Waals surface area contributed by atoms with E-state index >= 15 is 0 Å². The summed E-state index contributed by atoms with van der Waals surface area (Å²) in [6.45, 7) is 3.09. The zero-order chi connectivity index (χ0) is 14.4. The highest BCUT2D eigenvalue weighted by molar-refractivity contribution is 9.10. The Morgan fingerprint density at radius 1 is 1.20 bits per heavy atom. The minimum absolute atomic E-state index is 0.231. The highest BCUT2D eigenvalue weighted by atomic mass is 79.9. The molecule has 20 heavy (non-hydrogen) atoms. The number of rotatable bonds is 4. The first kappa shape index (κ1) is 16.2. The van der Waals surface area contributed by atoms with Gasteiger partial charge in [-0.05, 0) is 47.4 Å². The fourth-order valence-corrected chi connectivity index (χ4v) is 5.45. The van der Waals surface area contributed by atoms with Gasteiger partial charge in [-0.15, -0.1) is 0 Å². The minimum Gasteiger partial charge on any atom is -0.313 e. The van der Waals surface area contributed by atoms with Crippen LogP contribution < -0.4 is 5.32 Å². The molecule has 1 aromatic rings. The van der Waals surface area contributed by atoms with E-state index in [4.69, 9.17) is 0 Å². The maximum atomic E-state index is 13.0. The smallest absolute Gasteiger partial charge is 0.0588 e. The molecule has 1 aromatic carbocycles. The van der Waals surface area contributed by atoms with Gasteiger partial charge in [0.2, 0.25) is 0 Å². The Labute approximate surface area is 133 Å². The summed E-state index contributed by atoms with van der Waals surface area (Å²) in [5.41, 5.74) is 0. The van der Waals surface area contributed by atoms with Gasteiger partial charge in [-0.25, -0.2) is 0 Å². The van der Waals surface area contributed by atoms with Crippen LogP contribution in [0.2, 0.25) is 0 Å². The minimum atomic E-state index is -0.941. The van der Waals surface area contributed by atoms with Crippen molar-refractivity contribution >= 4 is 26.7 Å². The van der Waals surface area contributed by atoms with Crippen LogP contribution in [0.3, 0.4) is 0 Å². The van der Waals surface area contributed by atoms with E-state index in [0.717, 1.165) is 28.8 Å². The molecule has 1 aliphatic carbocycles.